The van der Waals surface area contributed by atoms with Gasteiger partial charge in [-0.2, -0.15) is 5.26 Å². The molecule has 3 amide bonds. The van der Waals surface area contributed by atoms with Gasteiger partial charge in [0.15, 0.2) is 0 Å². The van der Waals surface area contributed by atoms with Crippen molar-refractivity contribution in [2.75, 3.05) is 27.4 Å². The Balaban J connectivity index is 4.09. The van der Waals surface area contributed by atoms with Crippen LogP contribution in [0.4, 0.5) is 4.79 Å². The molecule has 0 saturated carbocycles. The molecule has 0 aromatic rings. The number of nitrogens with one attached hydrogen (secondary N) is 2. The average molecular weight is 228 g/mol. The second-order valence-electron chi connectivity index (χ2n) is 2.44. The summed E-state index contributed by atoms with van der Waals surface area (Å²) in [6.45, 7) is 0.567. The number of oxime groups is 1. The van der Waals surface area contributed by atoms with E-state index in [1.54, 1.807) is 0 Å². The topological polar surface area (TPSA) is 113 Å². The molecule has 0 unspecified atom stereocenters. The van der Waals surface area contributed by atoms with Gasteiger partial charge in [0.1, 0.15) is 13.2 Å². The first-order chi connectivity index (χ1) is 7.65. The number of hydrogen-bond donors (Lipinski definition) is 2. The predicted octanol–water partition coefficient (Wildman–Crippen LogP) is -1.02. The number of urea groups is 1. The predicted molar refractivity (Wildman–Crippen MR) is 53.5 cm³/mol. The molecule has 88 valence electrons. The maximum Gasteiger partial charge on any atom is 0.321 e. The third-order valence-electron chi connectivity index (χ3n) is 1.32. The van der Waals surface area contributed by atoms with E-state index in [2.05, 4.69) is 20.0 Å². The molecule has 0 saturated heterocycles. The second-order valence-corrected chi connectivity index (χ2v) is 2.44. The Bertz CT molecular complexity index is 320. The van der Waals surface area contributed by atoms with Crippen LogP contribution in [0, 0.1) is 11.3 Å². The highest BCUT2D eigenvalue weighted by Gasteiger charge is 2.14. The van der Waals surface area contributed by atoms with E-state index < -0.39 is 17.6 Å². The number of carbonyl (C=O) groups is 2. The number of amides is 3. The quantitative estimate of drug-likeness (QED) is 0.355. The van der Waals surface area contributed by atoms with Crippen molar-refractivity contribution >= 4 is 17.6 Å². The largest absolute Gasteiger partial charge is 0.398 e. The van der Waals surface area contributed by atoms with Crippen molar-refractivity contribution in [2.24, 2.45) is 5.16 Å². The number of imide groups is 1. The minimum atomic E-state index is -0.931. The maximum atomic E-state index is 11.2. The fraction of sp³-hybridized carbons (Fsp3) is 0.500. The van der Waals surface area contributed by atoms with Crippen molar-refractivity contribution in [2.45, 2.75) is 0 Å². The zero-order valence-corrected chi connectivity index (χ0v) is 8.94. The number of ether oxygens (including phenoxy) is 1. The molecule has 0 spiro atoms. The van der Waals surface area contributed by atoms with Gasteiger partial charge in [-0.05, 0) is 0 Å². The molecule has 0 aromatic heterocycles. The van der Waals surface area contributed by atoms with Crippen molar-refractivity contribution in [1.29, 1.82) is 5.26 Å². The Kier molecular flexibility index (Phi) is 7.10. The lowest BCUT2D eigenvalue weighted by atomic mass is 10.4. The summed E-state index contributed by atoms with van der Waals surface area (Å²) < 4.78 is 4.68. The van der Waals surface area contributed by atoms with Crippen molar-refractivity contribution in [1.82, 2.24) is 10.6 Å². The summed E-state index contributed by atoms with van der Waals surface area (Å²) in [5, 5.41) is 15.8. The van der Waals surface area contributed by atoms with Crippen molar-refractivity contribution in [3.8, 4) is 6.07 Å². The standard InChI is InChI=1S/C8H12N4O4/c1-15-4-3-10-8(14)11-7(13)6(5-9)12-16-2/h3-4H2,1-2H3,(H2,10,11,13,14). The highest BCUT2D eigenvalue weighted by molar-refractivity contribution is 6.46. The Morgan fingerprint density at radius 3 is 2.62 bits per heavy atom. The molecular weight excluding hydrogens is 216 g/mol. The molecule has 0 aliphatic heterocycles. The zero-order valence-electron chi connectivity index (χ0n) is 8.94. The van der Waals surface area contributed by atoms with Crippen LogP contribution in [0.25, 0.3) is 0 Å². The summed E-state index contributed by atoms with van der Waals surface area (Å²) in [4.78, 5) is 26.5. The van der Waals surface area contributed by atoms with Crippen LogP contribution in [0.3, 0.4) is 0 Å². The van der Waals surface area contributed by atoms with Gasteiger partial charge >= 0.3 is 6.03 Å². The summed E-state index contributed by atoms with van der Waals surface area (Å²) in [6.07, 6.45) is 0. The molecule has 16 heavy (non-hydrogen) atoms. The van der Waals surface area contributed by atoms with Crippen LogP contribution in [-0.4, -0.2) is 45.0 Å². The van der Waals surface area contributed by atoms with Gasteiger partial charge in [0, 0.05) is 13.7 Å². The summed E-state index contributed by atoms with van der Waals surface area (Å²) in [5.41, 5.74) is -0.538. The number of rotatable bonds is 5. The van der Waals surface area contributed by atoms with E-state index in [9.17, 15) is 9.59 Å². The zero-order chi connectivity index (χ0) is 12.4. The van der Waals surface area contributed by atoms with Crippen LogP contribution in [0.2, 0.25) is 0 Å². The Morgan fingerprint density at radius 2 is 2.12 bits per heavy atom. The molecule has 8 nitrogen and oxygen atoms in total. The third kappa shape index (κ3) is 5.56. The highest BCUT2D eigenvalue weighted by atomic mass is 16.6. The fourth-order valence-electron chi connectivity index (χ4n) is 0.677. The number of nitriles is 1. The molecule has 0 bridgehead atoms. The first-order valence-electron chi connectivity index (χ1n) is 4.25. The fourth-order valence-corrected chi connectivity index (χ4v) is 0.677. The van der Waals surface area contributed by atoms with E-state index in [0.717, 1.165) is 0 Å². The first kappa shape index (κ1) is 13.9. The van der Waals surface area contributed by atoms with Crippen LogP contribution in [0.1, 0.15) is 0 Å². The highest BCUT2D eigenvalue weighted by Crippen LogP contribution is 1.79. The molecule has 0 rings (SSSR count). The molecular formula is C8H12N4O4. The minimum Gasteiger partial charge on any atom is -0.398 e. The van der Waals surface area contributed by atoms with Gasteiger partial charge in [-0.1, -0.05) is 5.16 Å². The van der Waals surface area contributed by atoms with Crippen molar-refractivity contribution in [3.05, 3.63) is 0 Å². The van der Waals surface area contributed by atoms with Gasteiger partial charge in [-0.25, -0.2) is 4.79 Å². The number of methoxy groups -OCH3 is 1. The van der Waals surface area contributed by atoms with Gasteiger partial charge in [0.2, 0.25) is 5.71 Å². The molecule has 0 heterocycles. The number of hydrogen-bond acceptors (Lipinski definition) is 6. The molecule has 0 atom stereocenters. The van der Waals surface area contributed by atoms with Gasteiger partial charge in [0.05, 0.1) is 6.61 Å². The van der Waals surface area contributed by atoms with E-state index in [-0.39, 0.29) is 6.54 Å². The SMILES string of the molecule is COCCNC(=O)NC(=O)C(C#N)=NOC. The second kappa shape index (κ2) is 8.19. The van der Waals surface area contributed by atoms with Gasteiger partial charge in [0.25, 0.3) is 5.91 Å². The summed E-state index contributed by atoms with van der Waals surface area (Å²) in [7, 11) is 2.66. The maximum absolute atomic E-state index is 11.2. The van der Waals surface area contributed by atoms with Gasteiger partial charge < -0.3 is 14.9 Å². The van der Waals surface area contributed by atoms with Crippen LogP contribution < -0.4 is 10.6 Å². The Morgan fingerprint density at radius 1 is 1.44 bits per heavy atom. The molecule has 8 heteroatoms. The number of carbonyl (C=O) groups excluding carboxylic acids is 2. The Labute approximate surface area is 92.2 Å². The van der Waals surface area contributed by atoms with Crippen LogP contribution in [0.5, 0.6) is 0 Å². The molecule has 2 N–H and O–H groups in total. The number of nitrogens with zero attached hydrogens (tertiary/aromatic N) is 2. The minimum absolute atomic E-state index is 0.249. The lowest BCUT2D eigenvalue weighted by Gasteiger charge is -2.04. The summed E-state index contributed by atoms with van der Waals surface area (Å²) in [6, 6.07) is 0.749. The van der Waals surface area contributed by atoms with E-state index in [4.69, 9.17) is 5.26 Å². The van der Waals surface area contributed by atoms with Gasteiger partial charge in [-0.15, -0.1) is 0 Å². The lowest BCUT2D eigenvalue weighted by Crippen LogP contribution is -2.43. The summed E-state index contributed by atoms with van der Waals surface area (Å²) in [5.74, 6) is -0.931. The van der Waals surface area contributed by atoms with Crippen LogP contribution in [0.15, 0.2) is 5.16 Å². The molecule has 0 radical (unpaired) electrons. The average Bonchev–Trinajstić information content (AvgIpc) is 2.26. The monoisotopic (exact) mass is 228 g/mol. The van der Waals surface area contributed by atoms with Crippen LogP contribution in [-0.2, 0) is 14.4 Å². The normalized spacial score (nSPS) is 10.2. The molecule has 0 aliphatic carbocycles. The van der Waals surface area contributed by atoms with Crippen molar-refractivity contribution in [3.63, 3.8) is 0 Å². The van der Waals surface area contributed by atoms with E-state index in [1.807, 2.05) is 5.32 Å². The van der Waals surface area contributed by atoms with E-state index in [0.29, 0.717) is 6.61 Å². The Hall–Kier alpha value is -2.14. The van der Waals surface area contributed by atoms with Crippen LogP contribution >= 0.6 is 0 Å². The van der Waals surface area contributed by atoms with E-state index in [1.165, 1.54) is 20.3 Å². The van der Waals surface area contributed by atoms with E-state index >= 15 is 0 Å². The molecule has 0 aliphatic rings. The smallest absolute Gasteiger partial charge is 0.321 e. The molecule has 0 aromatic carbocycles. The molecule has 0 fully saturated rings. The first-order valence-corrected chi connectivity index (χ1v) is 4.25. The van der Waals surface area contributed by atoms with Gasteiger partial charge in [-0.3, -0.25) is 10.1 Å². The van der Waals surface area contributed by atoms with Crippen molar-refractivity contribution < 1.29 is 19.2 Å². The lowest BCUT2D eigenvalue weighted by molar-refractivity contribution is -0.113. The third-order valence-corrected chi connectivity index (χ3v) is 1.32. The summed E-state index contributed by atoms with van der Waals surface area (Å²) >= 11 is 0.